The quantitative estimate of drug-likeness (QED) is 0.419. The van der Waals surface area contributed by atoms with Crippen molar-refractivity contribution in [1.82, 2.24) is 0 Å². The van der Waals surface area contributed by atoms with Gasteiger partial charge in [-0.3, -0.25) is 4.79 Å². The molecular weight excluding hydrogens is 152 g/mol. The molecule has 2 nitrogen and oxygen atoms in total. The van der Waals surface area contributed by atoms with Crippen LogP contribution in [0, 0.1) is 0 Å². The molecule has 0 N–H and O–H groups in total. The molecule has 1 aliphatic rings. The third kappa shape index (κ3) is 0.825. The molecule has 0 fully saturated rings. The van der Waals surface area contributed by atoms with Gasteiger partial charge in [-0.2, -0.15) is 0 Å². The lowest BCUT2D eigenvalue weighted by molar-refractivity contribution is 0.104. The number of carbonyl (C=O) groups excluding carboxylic acids is 2. The molecule has 0 spiro atoms. The van der Waals surface area contributed by atoms with E-state index in [1.54, 1.807) is 18.1 Å². The van der Waals surface area contributed by atoms with Crippen molar-refractivity contribution in [2.45, 2.75) is 6.42 Å². The second-order valence-electron chi connectivity index (χ2n) is 2.74. The largest absolute Gasteiger partial charge is 0.288 e. The topological polar surface area (TPSA) is 34.1 Å². The SMILES string of the molecule is O=C=C1Cc2ccccc2C1=O. The molecule has 0 heterocycles. The zero-order chi connectivity index (χ0) is 8.55. The van der Waals surface area contributed by atoms with Crippen LogP contribution in [0.2, 0.25) is 0 Å². The maximum Gasteiger partial charge on any atom is 0.200 e. The van der Waals surface area contributed by atoms with Gasteiger partial charge in [-0.15, -0.1) is 0 Å². The smallest absolute Gasteiger partial charge is 0.200 e. The van der Waals surface area contributed by atoms with Crippen LogP contribution in [0.5, 0.6) is 0 Å². The zero-order valence-corrected chi connectivity index (χ0v) is 6.33. The van der Waals surface area contributed by atoms with Gasteiger partial charge in [0, 0.05) is 12.0 Å². The average Bonchev–Trinajstić information content (AvgIpc) is 2.44. The van der Waals surface area contributed by atoms with E-state index in [4.69, 9.17) is 0 Å². The minimum atomic E-state index is -0.166. The fourth-order valence-corrected chi connectivity index (χ4v) is 1.41. The van der Waals surface area contributed by atoms with Gasteiger partial charge in [-0.05, 0) is 5.56 Å². The second-order valence-corrected chi connectivity index (χ2v) is 2.74. The van der Waals surface area contributed by atoms with Crippen molar-refractivity contribution in [3.05, 3.63) is 41.0 Å². The van der Waals surface area contributed by atoms with Crippen LogP contribution in [0.15, 0.2) is 29.8 Å². The Hall–Kier alpha value is -1.66. The highest BCUT2D eigenvalue weighted by Crippen LogP contribution is 2.23. The summed E-state index contributed by atoms with van der Waals surface area (Å²) < 4.78 is 0. The first-order valence-electron chi connectivity index (χ1n) is 3.69. The minimum absolute atomic E-state index is 0.166. The number of carbonyl (C=O) groups is 1. The fraction of sp³-hybridized carbons (Fsp3) is 0.100. The lowest BCUT2D eigenvalue weighted by Gasteiger charge is -1.91. The maximum atomic E-state index is 11.3. The maximum absolute atomic E-state index is 11.3. The summed E-state index contributed by atoms with van der Waals surface area (Å²) in [5.74, 6) is 1.51. The van der Waals surface area contributed by atoms with Crippen LogP contribution >= 0.6 is 0 Å². The predicted molar refractivity (Wildman–Crippen MR) is 43.7 cm³/mol. The number of Topliss-reactive ketones (excluding diaryl/α,β-unsaturated/α-hetero) is 1. The zero-order valence-electron chi connectivity index (χ0n) is 6.33. The van der Waals surface area contributed by atoms with Crippen LogP contribution < -0.4 is 0 Å². The van der Waals surface area contributed by atoms with E-state index in [0.717, 1.165) is 5.56 Å². The number of fused-ring (bicyclic) bond motifs is 1. The van der Waals surface area contributed by atoms with E-state index in [-0.39, 0.29) is 11.4 Å². The van der Waals surface area contributed by atoms with E-state index in [9.17, 15) is 9.59 Å². The van der Waals surface area contributed by atoms with E-state index in [1.165, 1.54) is 0 Å². The van der Waals surface area contributed by atoms with Crippen molar-refractivity contribution < 1.29 is 9.59 Å². The van der Waals surface area contributed by atoms with Gasteiger partial charge in [-0.1, -0.05) is 24.3 Å². The van der Waals surface area contributed by atoms with E-state index >= 15 is 0 Å². The summed E-state index contributed by atoms with van der Waals surface area (Å²) in [5, 5.41) is 0. The molecule has 0 unspecified atom stereocenters. The summed E-state index contributed by atoms with van der Waals surface area (Å²) in [7, 11) is 0. The number of hydrogen-bond donors (Lipinski definition) is 0. The van der Waals surface area contributed by atoms with E-state index in [2.05, 4.69) is 0 Å². The van der Waals surface area contributed by atoms with Crippen LogP contribution in [0.1, 0.15) is 15.9 Å². The molecule has 58 valence electrons. The number of ketones is 1. The Bertz CT molecular complexity index is 398. The Balaban J connectivity index is 2.64. The first kappa shape index (κ1) is 7.01. The molecule has 0 radical (unpaired) electrons. The van der Waals surface area contributed by atoms with Gasteiger partial charge in [0.25, 0.3) is 0 Å². The summed E-state index contributed by atoms with van der Waals surface area (Å²) in [6, 6.07) is 7.25. The standard InChI is InChI=1S/C10H6O2/c11-6-8-5-7-3-1-2-4-9(7)10(8)12/h1-4H,5H2. The second kappa shape index (κ2) is 2.43. The Kier molecular flexibility index (Phi) is 1.42. The predicted octanol–water partition coefficient (Wildman–Crippen LogP) is 1.18. The summed E-state index contributed by atoms with van der Waals surface area (Å²) >= 11 is 0. The molecule has 0 amide bonds. The van der Waals surface area contributed by atoms with Crippen molar-refractivity contribution in [3.63, 3.8) is 0 Å². The van der Waals surface area contributed by atoms with Crippen molar-refractivity contribution in [3.8, 4) is 0 Å². The van der Waals surface area contributed by atoms with Gasteiger partial charge < -0.3 is 0 Å². The highest BCUT2D eigenvalue weighted by Gasteiger charge is 2.24. The van der Waals surface area contributed by atoms with Gasteiger partial charge in [0.05, 0.1) is 5.57 Å². The number of rotatable bonds is 0. The molecule has 2 rings (SSSR count). The molecule has 2 heteroatoms. The van der Waals surface area contributed by atoms with Gasteiger partial charge in [0.1, 0.15) is 5.94 Å². The molecule has 1 aromatic carbocycles. The van der Waals surface area contributed by atoms with E-state index in [1.807, 2.05) is 12.1 Å². The Labute approximate surface area is 69.5 Å². The van der Waals surface area contributed by atoms with Crippen LogP contribution in [0.3, 0.4) is 0 Å². The van der Waals surface area contributed by atoms with Crippen LogP contribution in [0.25, 0.3) is 0 Å². The highest BCUT2D eigenvalue weighted by molar-refractivity contribution is 6.17. The minimum Gasteiger partial charge on any atom is -0.288 e. The first-order valence-corrected chi connectivity index (χ1v) is 3.69. The molecule has 12 heavy (non-hydrogen) atoms. The normalized spacial score (nSPS) is 14.3. The van der Waals surface area contributed by atoms with Gasteiger partial charge >= 0.3 is 0 Å². The molecular formula is C10H6O2. The van der Waals surface area contributed by atoms with Crippen LogP contribution in [-0.2, 0) is 11.2 Å². The number of benzene rings is 1. The highest BCUT2D eigenvalue weighted by atomic mass is 16.1. The van der Waals surface area contributed by atoms with E-state index in [0.29, 0.717) is 12.0 Å². The van der Waals surface area contributed by atoms with Crippen LogP contribution in [-0.4, -0.2) is 11.7 Å². The molecule has 0 atom stereocenters. The van der Waals surface area contributed by atoms with Crippen molar-refractivity contribution >= 4 is 11.7 Å². The van der Waals surface area contributed by atoms with Gasteiger partial charge in [0.2, 0.25) is 5.78 Å². The average molecular weight is 158 g/mol. The molecule has 1 aliphatic carbocycles. The van der Waals surface area contributed by atoms with Gasteiger partial charge in [-0.25, -0.2) is 4.79 Å². The molecule has 0 saturated carbocycles. The molecule has 0 aliphatic heterocycles. The lowest BCUT2D eigenvalue weighted by Crippen LogP contribution is -1.94. The fourth-order valence-electron chi connectivity index (χ4n) is 1.41. The molecule has 0 aromatic heterocycles. The third-order valence-electron chi connectivity index (χ3n) is 2.03. The summed E-state index contributed by atoms with van der Waals surface area (Å²) in [6.07, 6.45) is 0.443. The monoisotopic (exact) mass is 158 g/mol. The van der Waals surface area contributed by atoms with Crippen molar-refractivity contribution in [1.29, 1.82) is 0 Å². The molecule has 0 bridgehead atoms. The van der Waals surface area contributed by atoms with E-state index < -0.39 is 0 Å². The first-order chi connectivity index (χ1) is 5.83. The molecule has 1 aromatic rings. The molecule has 0 saturated heterocycles. The Morgan fingerprint density at radius 1 is 1.25 bits per heavy atom. The summed E-state index contributed by atoms with van der Waals surface area (Å²) in [6.45, 7) is 0. The Morgan fingerprint density at radius 3 is 2.67 bits per heavy atom. The summed E-state index contributed by atoms with van der Waals surface area (Å²) in [4.78, 5) is 21.6. The number of allylic oxidation sites excluding steroid dienone is 1. The lowest BCUT2D eigenvalue weighted by atomic mass is 10.1. The van der Waals surface area contributed by atoms with Crippen molar-refractivity contribution in [2.24, 2.45) is 0 Å². The number of hydrogen-bond acceptors (Lipinski definition) is 2. The van der Waals surface area contributed by atoms with Crippen LogP contribution in [0.4, 0.5) is 0 Å². The van der Waals surface area contributed by atoms with Crippen molar-refractivity contribution in [2.75, 3.05) is 0 Å². The summed E-state index contributed by atoms with van der Waals surface area (Å²) in [5.41, 5.74) is 1.83. The third-order valence-corrected chi connectivity index (χ3v) is 2.03. The Morgan fingerprint density at radius 2 is 2.00 bits per heavy atom. The van der Waals surface area contributed by atoms with Gasteiger partial charge in [0.15, 0.2) is 0 Å².